The predicted molar refractivity (Wildman–Crippen MR) is 58.3 cm³/mol. The molecule has 0 aliphatic heterocycles. The molecule has 0 saturated heterocycles. The van der Waals surface area contributed by atoms with E-state index in [-0.39, 0.29) is 6.42 Å². The topological polar surface area (TPSA) is 83.6 Å². The van der Waals surface area contributed by atoms with E-state index in [1.807, 2.05) is 0 Å². The number of hydrazine groups is 1. The molecule has 1 unspecified atom stereocenters. The Kier molecular flexibility index (Phi) is 3.67. The average Bonchev–Trinajstić information content (AvgIpc) is 2.28. The molecule has 0 heterocycles. The summed E-state index contributed by atoms with van der Waals surface area (Å²) < 4.78 is 23.8. The van der Waals surface area contributed by atoms with Crippen molar-refractivity contribution in [1.29, 1.82) is 0 Å². The van der Waals surface area contributed by atoms with Crippen LogP contribution in [-0.4, -0.2) is 19.0 Å². The Morgan fingerprint density at radius 3 is 2.40 bits per heavy atom. The lowest BCUT2D eigenvalue weighted by Gasteiger charge is -2.21. The highest BCUT2D eigenvalue weighted by Crippen LogP contribution is 2.16. The molecule has 0 spiro atoms. The van der Waals surface area contributed by atoms with E-state index in [9.17, 15) is 13.5 Å². The van der Waals surface area contributed by atoms with Crippen molar-refractivity contribution in [2.45, 2.75) is 18.8 Å². The minimum absolute atomic E-state index is 0.100. The maximum Gasteiger partial charge on any atom is 0.275 e. The van der Waals surface area contributed by atoms with E-state index in [2.05, 4.69) is 0 Å². The summed E-state index contributed by atoms with van der Waals surface area (Å²) in [6, 6.07) is 8.20. The average molecular weight is 230 g/mol. The Morgan fingerprint density at radius 1 is 1.40 bits per heavy atom. The molecule has 3 N–H and O–H groups in total. The highest BCUT2D eigenvalue weighted by molar-refractivity contribution is 7.93. The molecule has 0 amide bonds. The zero-order valence-electron chi connectivity index (χ0n) is 8.37. The first-order valence-electron chi connectivity index (χ1n) is 4.52. The van der Waals surface area contributed by atoms with Crippen molar-refractivity contribution in [1.82, 2.24) is 0 Å². The maximum absolute atomic E-state index is 11.6. The fourth-order valence-electron chi connectivity index (χ4n) is 1.06. The van der Waals surface area contributed by atoms with Gasteiger partial charge in [0, 0.05) is 0 Å². The fraction of sp³-hybridized carbons (Fsp3) is 0.333. The fourth-order valence-corrected chi connectivity index (χ4v) is 2.16. The molecule has 1 aromatic carbocycles. The summed E-state index contributed by atoms with van der Waals surface area (Å²) in [4.78, 5) is 0. The third-order valence-corrected chi connectivity index (χ3v) is 3.76. The van der Waals surface area contributed by atoms with E-state index >= 15 is 0 Å². The predicted octanol–water partition coefficient (Wildman–Crippen LogP) is 0.425. The zero-order chi connectivity index (χ0) is 11.5. The van der Waals surface area contributed by atoms with Gasteiger partial charge in [-0.25, -0.2) is 18.7 Å². The summed E-state index contributed by atoms with van der Waals surface area (Å²) in [5.74, 6) is 5.43. The molecule has 0 bridgehead atoms. The van der Waals surface area contributed by atoms with Gasteiger partial charge in [0.25, 0.3) is 10.0 Å². The number of sulfonamides is 1. The molecule has 1 aromatic rings. The van der Waals surface area contributed by atoms with Crippen molar-refractivity contribution in [2.75, 3.05) is 4.41 Å². The molecular weight excluding hydrogens is 216 g/mol. The van der Waals surface area contributed by atoms with Gasteiger partial charge in [0.05, 0.1) is 5.69 Å². The van der Waals surface area contributed by atoms with Crippen molar-refractivity contribution in [2.24, 2.45) is 5.84 Å². The smallest absolute Gasteiger partial charge is 0.275 e. The molecule has 0 radical (unpaired) electrons. The van der Waals surface area contributed by atoms with Gasteiger partial charge in [-0.1, -0.05) is 25.1 Å². The number of para-hydroxylation sites is 1. The van der Waals surface area contributed by atoms with Gasteiger partial charge in [-0.05, 0) is 18.6 Å². The zero-order valence-corrected chi connectivity index (χ0v) is 9.18. The lowest BCUT2D eigenvalue weighted by Crippen LogP contribution is -2.43. The number of benzene rings is 1. The van der Waals surface area contributed by atoms with E-state index < -0.39 is 15.5 Å². The summed E-state index contributed by atoms with van der Waals surface area (Å²) in [6.07, 6.45) is 0.100. The van der Waals surface area contributed by atoms with Crippen LogP contribution in [-0.2, 0) is 10.0 Å². The van der Waals surface area contributed by atoms with Gasteiger partial charge in [0.15, 0.2) is 5.44 Å². The number of aliphatic hydroxyl groups excluding tert-OH is 1. The van der Waals surface area contributed by atoms with Gasteiger partial charge >= 0.3 is 0 Å². The van der Waals surface area contributed by atoms with Gasteiger partial charge in [0.2, 0.25) is 0 Å². The second-order valence-corrected chi connectivity index (χ2v) is 5.01. The maximum atomic E-state index is 11.6. The molecule has 15 heavy (non-hydrogen) atoms. The standard InChI is InChI=1S/C9H14N2O3S/c1-2-9(12)15(13,14)11(10)8-6-4-3-5-7-8/h3-7,9,12H,2,10H2,1H3. The largest absolute Gasteiger partial charge is 0.375 e. The summed E-state index contributed by atoms with van der Waals surface area (Å²) in [5, 5.41) is 9.31. The van der Waals surface area contributed by atoms with Crippen LogP contribution in [0.3, 0.4) is 0 Å². The second kappa shape index (κ2) is 4.61. The first-order chi connectivity index (χ1) is 7.00. The molecule has 0 aromatic heterocycles. The van der Waals surface area contributed by atoms with Crippen molar-refractivity contribution in [3.8, 4) is 0 Å². The Hall–Kier alpha value is -1.11. The molecule has 0 fully saturated rings. The summed E-state index contributed by atoms with van der Waals surface area (Å²) >= 11 is 0. The normalized spacial score (nSPS) is 13.5. The van der Waals surface area contributed by atoms with E-state index in [0.717, 1.165) is 0 Å². The van der Waals surface area contributed by atoms with Gasteiger partial charge in [-0.2, -0.15) is 0 Å². The summed E-state index contributed by atoms with van der Waals surface area (Å²) in [5.41, 5.74) is -1.15. The van der Waals surface area contributed by atoms with Crippen LogP contribution < -0.4 is 10.3 Å². The summed E-state index contributed by atoms with van der Waals surface area (Å²) in [7, 11) is -3.88. The Balaban J connectivity index is 3.00. The highest BCUT2D eigenvalue weighted by atomic mass is 32.2. The SMILES string of the molecule is CCC(O)S(=O)(=O)N(N)c1ccccc1. The van der Waals surface area contributed by atoms with Crippen molar-refractivity contribution < 1.29 is 13.5 Å². The van der Waals surface area contributed by atoms with Crippen LogP contribution in [0.1, 0.15) is 13.3 Å². The first-order valence-corrected chi connectivity index (χ1v) is 6.02. The number of anilines is 1. The van der Waals surface area contributed by atoms with Crippen LogP contribution in [0, 0.1) is 0 Å². The molecule has 84 valence electrons. The molecule has 6 heteroatoms. The van der Waals surface area contributed by atoms with Crippen molar-refractivity contribution >= 4 is 15.7 Å². The second-order valence-electron chi connectivity index (χ2n) is 3.04. The quantitative estimate of drug-likeness (QED) is 0.580. The van der Waals surface area contributed by atoms with Crippen LogP contribution in [0.25, 0.3) is 0 Å². The monoisotopic (exact) mass is 230 g/mol. The number of rotatable bonds is 4. The third-order valence-electron chi connectivity index (χ3n) is 1.98. The molecular formula is C9H14N2O3S. The number of nitrogens with two attached hydrogens (primary N) is 1. The van der Waals surface area contributed by atoms with Gasteiger partial charge in [0.1, 0.15) is 0 Å². The number of hydrogen-bond donors (Lipinski definition) is 2. The number of hydrogen-bond acceptors (Lipinski definition) is 4. The number of aliphatic hydroxyl groups is 1. The first kappa shape index (κ1) is 12.0. The van der Waals surface area contributed by atoms with Crippen molar-refractivity contribution in [3.63, 3.8) is 0 Å². The van der Waals surface area contributed by atoms with E-state index in [1.165, 1.54) is 0 Å². The molecule has 0 saturated carbocycles. The van der Waals surface area contributed by atoms with Crippen LogP contribution >= 0.6 is 0 Å². The van der Waals surface area contributed by atoms with Gasteiger partial charge < -0.3 is 5.11 Å². The van der Waals surface area contributed by atoms with Crippen LogP contribution in [0.15, 0.2) is 30.3 Å². The third kappa shape index (κ3) is 2.47. The van der Waals surface area contributed by atoms with E-state index in [0.29, 0.717) is 10.1 Å². The minimum atomic E-state index is -3.88. The molecule has 1 atom stereocenters. The van der Waals surface area contributed by atoms with Gasteiger partial charge in [-0.3, -0.25) is 0 Å². The highest BCUT2D eigenvalue weighted by Gasteiger charge is 2.27. The lowest BCUT2D eigenvalue weighted by atomic mass is 10.3. The van der Waals surface area contributed by atoms with Gasteiger partial charge in [-0.15, -0.1) is 0 Å². The number of nitrogens with zero attached hydrogens (tertiary/aromatic N) is 1. The lowest BCUT2D eigenvalue weighted by molar-refractivity contribution is 0.244. The summed E-state index contributed by atoms with van der Waals surface area (Å²) in [6.45, 7) is 1.57. The van der Waals surface area contributed by atoms with Crippen molar-refractivity contribution in [3.05, 3.63) is 30.3 Å². The van der Waals surface area contributed by atoms with E-state index in [1.54, 1.807) is 37.3 Å². The Morgan fingerprint density at radius 2 is 1.93 bits per heavy atom. The van der Waals surface area contributed by atoms with Crippen LogP contribution in [0.5, 0.6) is 0 Å². The molecule has 0 aliphatic rings. The van der Waals surface area contributed by atoms with Crippen LogP contribution in [0.2, 0.25) is 0 Å². The van der Waals surface area contributed by atoms with Crippen LogP contribution in [0.4, 0.5) is 5.69 Å². The molecule has 1 rings (SSSR count). The minimum Gasteiger partial charge on any atom is -0.375 e. The van der Waals surface area contributed by atoms with E-state index in [4.69, 9.17) is 5.84 Å². The molecule has 0 aliphatic carbocycles. The Labute approximate surface area is 89.2 Å². The molecule has 5 nitrogen and oxygen atoms in total. The Bertz CT molecular complexity index is 405.